The van der Waals surface area contributed by atoms with Crippen molar-refractivity contribution in [3.8, 4) is 0 Å². The summed E-state index contributed by atoms with van der Waals surface area (Å²) >= 11 is 14.1. The van der Waals surface area contributed by atoms with Gasteiger partial charge in [0.15, 0.2) is 0 Å². The number of rotatable bonds is 3. The number of nitrogens with zero attached hydrogens (tertiary/aromatic N) is 2. The highest BCUT2D eigenvalue weighted by atomic mass is 35.5. The van der Waals surface area contributed by atoms with Gasteiger partial charge >= 0.3 is 0 Å². The maximum Gasteiger partial charge on any atom is 0.125 e. The molecule has 0 amide bonds. The summed E-state index contributed by atoms with van der Waals surface area (Å²) in [6.45, 7) is 5.08. The molecule has 5 heteroatoms. The van der Waals surface area contributed by atoms with Gasteiger partial charge in [0.25, 0.3) is 0 Å². The van der Waals surface area contributed by atoms with E-state index < -0.39 is 0 Å². The third-order valence-corrected chi connectivity index (χ3v) is 5.14. The lowest BCUT2D eigenvalue weighted by Crippen LogP contribution is -2.02. The number of para-hydroxylation sites is 1. The Kier molecular flexibility index (Phi) is 3.76. The maximum atomic E-state index is 6.22. The van der Waals surface area contributed by atoms with E-state index in [1.807, 2.05) is 29.5 Å². The van der Waals surface area contributed by atoms with E-state index in [2.05, 4.69) is 29.5 Å². The topological polar surface area (TPSA) is 17.8 Å². The van der Waals surface area contributed by atoms with Crippen LogP contribution in [0, 0.1) is 13.8 Å². The summed E-state index contributed by atoms with van der Waals surface area (Å²) in [5, 5.41) is 0.672. The minimum Gasteiger partial charge on any atom is -0.322 e. The van der Waals surface area contributed by atoms with Crippen LogP contribution < -0.4 is 0 Å². The van der Waals surface area contributed by atoms with Crippen molar-refractivity contribution in [2.75, 3.05) is 0 Å². The van der Waals surface area contributed by atoms with Crippen LogP contribution in [0.5, 0.6) is 0 Å². The standard InChI is InChI=1S/C15H14Cl2N2S/c1-9-6-11(20-10(9)2)8-19-13-5-3-4-12(17)15(13)18-14(19)7-16/h3-6H,7-8H2,1-2H3. The van der Waals surface area contributed by atoms with Crippen molar-refractivity contribution >= 4 is 45.6 Å². The van der Waals surface area contributed by atoms with E-state index in [0.717, 1.165) is 23.4 Å². The van der Waals surface area contributed by atoms with Gasteiger partial charge in [0, 0.05) is 9.75 Å². The molecule has 0 unspecified atom stereocenters. The number of hydrogen-bond donors (Lipinski definition) is 0. The zero-order valence-electron chi connectivity index (χ0n) is 11.3. The molecule has 2 heterocycles. The molecule has 3 aromatic rings. The van der Waals surface area contributed by atoms with Crippen molar-refractivity contribution in [2.45, 2.75) is 26.3 Å². The Morgan fingerprint density at radius 1 is 1.30 bits per heavy atom. The number of fused-ring (bicyclic) bond motifs is 1. The molecule has 104 valence electrons. The van der Waals surface area contributed by atoms with Crippen LogP contribution in [0.4, 0.5) is 0 Å². The highest BCUT2D eigenvalue weighted by Gasteiger charge is 2.13. The van der Waals surface area contributed by atoms with Gasteiger partial charge < -0.3 is 4.57 Å². The largest absolute Gasteiger partial charge is 0.322 e. The molecule has 0 spiro atoms. The maximum absolute atomic E-state index is 6.22. The predicted octanol–water partition coefficient (Wildman–Crippen LogP) is 5.16. The zero-order chi connectivity index (χ0) is 14.3. The number of thiophene rings is 1. The predicted molar refractivity (Wildman–Crippen MR) is 87.2 cm³/mol. The SMILES string of the molecule is Cc1cc(Cn2c(CCl)nc3c(Cl)cccc32)sc1C. The highest BCUT2D eigenvalue weighted by Crippen LogP contribution is 2.28. The van der Waals surface area contributed by atoms with Crippen molar-refractivity contribution in [1.82, 2.24) is 9.55 Å². The van der Waals surface area contributed by atoms with E-state index in [1.165, 1.54) is 15.3 Å². The second kappa shape index (κ2) is 5.40. The van der Waals surface area contributed by atoms with Crippen LogP contribution >= 0.6 is 34.5 Å². The number of aromatic nitrogens is 2. The number of alkyl halides is 1. The van der Waals surface area contributed by atoms with E-state index in [9.17, 15) is 0 Å². The van der Waals surface area contributed by atoms with Gasteiger partial charge in [-0.1, -0.05) is 17.7 Å². The van der Waals surface area contributed by atoms with Gasteiger partial charge in [-0.15, -0.1) is 22.9 Å². The van der Waals surface area contributed by atoms with E-state index in [4.69, 9.17) is 23.2 Å². The van der Waals surface area contributed by atoms with Crippen LogP contribution in [0.2, 0.25) is 5.02 Å². The molecule has 0 saturated carbocycles. The summed E-state index contributed by atoms with van der Waals surface area (Å²) in [7, 11) is 0. The average molecular weight is 325 g/mol. The van der Waals surface area contributed by atoms with Crippen molar-refractivity contribution in [1.29, 1.82) is 0 Å². The molecule has 0 bridgehead atoms. The van der Waals surface area contributed by atoms with E-state index in [0.29, 0.717) is 10.9 Å². The molecule has 0 radical (unpaired) electrons. The highest BCUT2D eigenvalue weighted by molar-refractivity contribution is 7.12. The van der Waals surface area contributed by atoms with Crippen LogP contribution in [-0.4, -0.2) is 9.55 Å². The number of benzene rings is 1. The first-order valence-electron chi connectivity index (χ1n) is 6.35. The van der Waals surface area contributed by atoms with Crippen LogP contribution in [0.1, 0.15) is 21.1 Å². The molecule has 2 nitrogen and oxygen atoms in total. The molecule has 20 heavy (non-hydrogen) atoms. The molecule has 0 fully saturated rings. The Balaban J connectivity index is 2.12. The molecule has 2 aromatic heterocycles. The third-order valence-electron chi connectivity index (χ3n) is 3.46. The van der Waals surface area contributed by atoms with Crippen molar-refractivity contribution < 1.29 is 0 Å². The molecule has 0 atom stereocenters. The van der Waals surface area contributed by atoms with Gasteiger partial charge in [-0.25, -0.2) is 4.98 Å². The van der Waals surface area contributed by atoms with E-state index in [1.54, 1.807) is 0 Å². The Bertz CT molecular complexity index is 754. The summed E-state index contributed by atoms with van der Waals surface area (Å²) in [5.74, 6) is 1.24. The fourth-order valence-electron chi connectivity index (χ4n) is 2.32. The van der Waals surface area contributed by atoms with E-state index in [-0.39, 0.29) is 0 Å². The van der Waals surface area contributed by atoms with Crippen LogP contribution in [-0.2, 0) is 12.4 Å². The van der Waals surface area contributed by atoms with E-state index >= 15 is 0 Å². The quantitative estimate of drug-likeness (QED) is 0.609. The minimum absolute atomic E-state index is 0.383. The normalized spacial score (nSPS) is 11.4. The summed E-state index contributed by atoms with van der Waals surface area (Å²) < 4.78 is 2.15. The van der Waals surface area contributed by atoms with Gasteiger partial charge in [0.1, 0.15) is 11.3 Å². The van der Waals surface area contributed by atoms with Crippen LogP contribution in [0.25, 0.3) is 11.0 Å². The summed E-state index contributed by atoms with van der Waals surface area (Å²) in [5.41, 5.74) is 3.20. The fourth-order valence-corrected chi connectivity index (χ4v) is 3.78. The number of hydrogen-bond acceptors (Lipinski definition) is 2. The second-order valence-corrected chi connectivity index (χ2v) is 6.82. The van der Waals surface area contributed by atoms with Crippen LogP contribution in [0.15, 0.2) is 24.3 Å². The summed E-state index contributed by atoms with van der Waals surface area (Å²) in [6.07, 6.45) is 0. The number of imidazole rings is 1. The lowest BCUT2D eigenvalue weighted by molar-refractivity contribution is 0.789. The van der Waals surface area contributed by atoms with Gasteiger partial charge in [0.2, 0.25) is 0 Å². The zero-order valence-corrected chi connectivity index (χ0v) is 13.6. The number of halogens is 2. The Morgan fingerprint density at radius 3 is 2.75 bits per heavy atom. The van der Waals surface area contributed by atoms with Crippen molar-refractivity contribution in [3.05, 3.63) is 50.4 Å². The molecular weight excluding hydrogens is 311 g/mol. The van der Waals surface area contributed by atoms with Gasteiger partial charge in [-0.2, -0.15) is 0 Å². The molecule has 3 rings (SSSR count). The molecule has 0 saturated heterocycles. The monoisotopic (exact) mass is 324 g/mol. The Labute approximate surface area is 132 Å². The lowest BCUT2D eigenvalue weighted by atomic mass is 10.3. The van der Waals surface area contributed by atoms with Crippen molar-refractivity contribution in [3.63, 3.8) is 0 Å². The average Bonchev–Trinajstić information content (AvgIpc) is 2.93. The first-order chi connectivity index (χ1) is 9.60. The molecule has 1 aromatic carbocycles. The molecule has 0 aliphatic heterocycles. The molecular formula is C15H14Cl2N2S. The lowest BCUT2D eigenvalue weighted by Gasteiger charge is -2.05. The third kappa shape index (κ3) is 2.34. The van der Waals surface area contributed by atoms with Gasteiger partial charge in [0.05, 0.1) is 23.0 Å². The Hall–Kier alpha value is -1.03. The second-order valence-electron chi connectivity index (χ2n) is 4.81. The molecule has 0 N–H and O–H groups in total. The number of aryl methyl sites for hydroxylation is 2. The van der Waals surface area contributed by atoms with Crippen molar-refractivity contribution in [2.24, 2.45) is 0 Å². The molecule has 0 aliphatic rings. The summed E-state index contributed by atoms with van der Waals surface area (Å²) in [4.78, 5) is 7.23. The van der Waals surface area contributed by atoms with Gasteiger partial charge in [-0.3, -0.25) is 0 Å². The Morgan fingerprint density at radius 2 is 2.10 bits per heavy atom. The first kappa shape index (κ1) is 13.9. The summed E-state index contributed by atoms with van der Waals surface area (Å²) in [6, 6.07) is 8.08. The first-order valence-corrected chi connectivity index (χ1v) is 8.08. The fraction of sp³-hybridized carbons (Fsp3) is 0.267. The van der Waals surface area contributed by atoms with Gasteiger partial charge in [-0.05, 0) is 37.6 Å². The minimum atomic E-state index is 0.383. The smallest absolute Gasteiger partial charge is 0.125 e. The molecule has 0 aliphatic carbocycles. The van der Waals surface area contributed by atoms with Crippen LogP contribution in [0.3, 0.4) is 0 Å².